The van der Waals surface area contributed by atoms with E-state index in [-0.39, 0.29) is 18.0 Å². The zero-order valence-corrected chi connectivity index (χ0v) is 14.1. The maximum absolute atomic E-state index is 10.3. The van der Waals surface area contributed by atoms with Gasteiger partial charge < -0.3 is 10.2 Å². The van der Waals surface area contributed by atoms with Gasteiger partial charge in [-0.25, -0.2) is 0 Å². The van der Waals surface area contributed by atoms with Crippen molar-refractivity contribution < 1.29 is 19.3 Å². The Morgan fingerprint density at radius 2 is 1.96 bits per heavy atom. The van der Waals surface area contributed by atoms with Crippen LogP contribution in [-0.4, -0.2) is 32.1 Å². The number of aromatic hydroxyl groups is 1. The predicted octanol–water partition coefficient (Wildman–Crippen LogP) is 2.36. The van der Waals surface area contributed by atoms with Gasteiger partial charge in [0.15, 0.2) is 0 Å². The lowest BCUT2D eigenvalue weighted by atomic mass is 10.00. The van der Waals surface area contributed by atoms with Crippen molar-refractivity contribution in [3.8, 4) is 11.8 Å². The second-order valence-corrected chi connectivity index (χ2v) is 7.52. The number of hydrogen-bond acceptors (Lipinski definition) is 7. The Morgan fingerprint density at radius 3 is 2.60 bits per heavy atom. The number of nitrogens with zero attached hydrogens (tertiary/aromatic N) is 2. The van der Waals surface area contributed by atoms with Gasteiger partial charge in [-0.05, 0) is 42.2 Å². The highest BCUT2D eigenvalue weighted by Crippen LogP contribution is 2.49. The Balaban J connectivity index is 1.76. The highest BCUT2D eigenvalue weighted by atomic mass is 32.3. The molecule has 1 saturated heterocycles. The van der Waals surface area contributed by atoms with Gasteiger partial charge in [0.2, 0.25) is 0 Å². The number of aryl methyl sites for hydroxylation is 2. The molecule has 0 bridgehead atoms. The Hall–Kier alpha value is -2.28. The monoisotopic (exact) mass is 361 g/mol. The lowest BCUT2D eigenvalue weighted by Crippen LogP contribution is -2.25. The molecule has 0 amide bonds. The summed E-state index contributed by atoms with van der Waals surface area (Å²) in [6.07, 6.45) is 0.206. The van der Waals surface area contributed by atoms with Crippen LogP contribution in [0.2, 0.25) is 0 Å². The summed E-state index contributed by atoms with van der Waals surface area (Å²) in [5.74, 6) is -0.0954. The Morgan fingerprint density at radius 1 is 1.20 bits per heavy atom. The summed E-state index contributed by atoms with van der Waals surface area (Å²) >= 11 is 0. The van der Waals surface area contributed by atoms with E-state index in [9.17, 15) is 19.3 Å². The van der Waals surface area contributed by atoms with Crippen molar-refractivity contribution >= 4 is 16.6 Å². The molecular weight excluding hydrogens is 342 g/mol. The quantitative estimate of drug-likeness (QED) is 0.567. The summed E-state index contributed by atoms with van der Waals surface area (Å²) in [6, 6.07) is 14.5. The number of nitrogens with one attached hydrogen (secondary N) is 1. The van der Waals surface area contributed by atoms with Gasteiger partial charge in [0, 0.05) is 0 Å². The van der Waals surface area contributed by atoms with Crippen LogP contribution in [0.15, 0.2) is 42.5 Å². The Kier molecular flexibility index (Phi) is 4.85. The van der Waals surface area contributed by atoms with Crippen LogP contribution >= 0.6 is 11.0 Å². The van der Waals surface area contributed by atoms with Crippen molar-refractivity contribution in [2.45, 2.75) is 19.1 Å². The van der Waals surface area contributed by atoms with E-state index in [1.54, 1.807) is 24.3 Å². The van der Waals surface area contributed by atoms with Crippen LogP contribution in [0.4, 0.5) is 5.69 Å². The lowest BCUT2D eigenvalue weighted by molar-refractivity contribution is 0.182. The molecule has 1 atom stereocenters. The van der Waals surface area contributed by atoms with Crippen LogP contribution in [0, 0.1) is 11.3 Å². The number of anilines is 1. The largest absolute Gasteiger partial charge is 0.506 e. The third-order valence-electron chi connectivity index (χ3n) is 4.07. The van der Waals surface area contributed by atoms with Gasteiger partial charge in [-0.2, -0.15) is 9.98 Å². The van der Waals surface area contributed by atoms with Crippen molar-refractivity contribution in [3.63, 3.8) is 0 Å². The first-order chi connectivity index (χ1) is 11.9. The topological polar surface area (TPSA) is 120 Å². The summed E-state index contributed by atoms with van der Waals surface area (Å²) in [7, 11) is -3.35. The van der Waals surface area contributed by atoms with E-state index < -0.39 is 17.2 Å². The zero-order chi connectivity index (χ0) is 18.0. The molecule has 0 aliphatic carbocycles. The standard InChI is InChI=1S/C17H19N3O4S/c18-10-14-4-2-1-3-13(14)7-5-12-6-8-15(16(21)9-12)20-11-17(22)19-25(20,23)24/h1-4,6,8-9,17,19,21-24H,5,7,11H2. The average Bonchev–Trinajstić information content (AvgIpc) is 2.85. The molecule has 25 heavy (non-hydrogen) atoms. The fourth-order valence-corrected chi connectivity index (χ4v) is 4.19. The molecular formula is C17H19N3O4S. The maximum atomic E-state index is 10.3. The molecule has 8 heteroatoms. The average molecular weight is 361 g/mol. The third kappa shape index (κ3) is 3.71. The minimum atomic E-state index is -3.35. The van der Waals surface area contributed by atoms with Crippen molar-refractivity contribution in [2.24, 2.45) is 0 Å². The van der Waals surface area contributed by atoms with E-state index in [0.717, 1.165) is 15.4 Å². The molecule has 1 aliphatic rings. The molecule has 2 aromatic carbocycles. The molecule has 1 unspecified atom stereocenters. The Bertz CT molecular complexity index is 822. The fraction of sp³-hybridized carbons (Fsp3) is 0.235. The van der Waals surface area contributed by atoms with Crippen LogP contribution in [0.3, 0.4) is 0 Å². The van der Waals surface area contributed by atoms with Gasteiger partial charge in [0.05, 0.1) is 18.2 Å². The molecule has 5 N–H and O–H groups in total. The predicted molar refractivity (Wildman–Crippen MR) is 96.0 cm³/mol. The van der Waals surface area contributed by atoms with Crippen LogP contribution < -0.4 is 9.03 Å². The minimum absolute atomic E-state index is 0.0369. The molecule has 3 rings (SSSR count). The Labute approximate surface area is 147 Å². The van der Waals surface area contributed by atoms with Crippen molar-refractivity contribution in [3.05, 3.63) is 59.2 Å². The first-order valence-corrected chi connectivity index (χ1v) is 9.22. The van der Waals surface area contributed by atoms with Gasteiger partial charge in [0.1, 0.15) is 17.7 Å². The van der Waals surface area contributed by atoms with Crippen LogP contribution in [0.5, 0.6) is 5.75 Å². The summed E-state index contributed by atoms with van der Waals surface area (Å²) < 4.78 is 23.3. The molecule has 0 radical (unpaired) electrons. The molecule has 2 aromatic rings. The first kappa shape index (κ1) is 17.5. The normalized spacial score (nSPS) is 20.2. The van der Waals surface area contributed by atoms with Gasteiger partial charge in [-0.1, -0.05) is 35.2 Å². The van der Waals surface area contributed by atoms with Gasteiger partial charge in [0.25, 0.3) is 0 Å². The van der Waals surface area contributed by atoms with E-state index >= 15 is 0 Å². The highest BCUT2D eigenvalue weighted by molar-refractivity contribution is 8.24. The molecule has 132 valence electrons. The summed E-state index contributed by atoms with van der Waals surface area (Å²) in [6.45, 7) is -0.0369. The zero-order valence-electron chi connectivity index (χ0n) is 13.3. The summed E-state index contributed by atoms with van der Waals surface area (Å²) in [5, 5.41) is 28.9. The second kappa shape index (κ2) is 6.92. The number of phenolic OH excluding ortho intramolecular Hbond substituents is 1. The van der Waals surface area contributed by atoms with Crippen molar-refractivity contribution in [1.29, 1.82) is 5.26 Å². The number of phenols is 1. The van der Waals surface area contributed by atoms with Crippen LogP contribution in [0.25, 0.3) is 0 Å². The molecule has 0 spiro atoms. The third-order valence-corrected chi connectivity index (χ3v) is 5.62. The van der Waals surface area contributed by atoms with Crippen LogP contribution in [-0.2, 0) is 12.8 Å². The maximum Gasteiger partial charge on any atom is 0.142 e. The SMILES string of the molecule is N#Cc1ccccc1CCc1ccc(N2CC(O)NS2(O)O)c(O)c1. The van der Waals surface area contributed by atoms with Crippen molar-refractivity contribution in [2.75, 3.05) is 10.8 Å². The first-order valence-electron chi connectivity index (χ1n) is 7.72. The van der Waals surface area contributed by atoms with E-state index in [2.05, 4.69) is 10.8 Å². The van der Waals surface area contributed by atoms with Gasteiger partial charge in [-0.3, -0.25) is 13.4 Å². The summed E-state index contributed by atoms with van der Waals surface area (Å²) in [5.41, 5.74) is 2.67. The van der Waals surface area contributed by atoms with Gasteiger partial charge in [-0.15, -0.1) is 0 Å². The van der Waals surface area contributed by atoms with Crippen LogP contribution in [0.1, 0.15) is 16.7 Å². The molecule has 7 nitrogen and oxygen atoms in total. The molecule has 1 aliphatic heterocycles. The fourth-order valence-electron chi connectivity index (χ4n) is 2.84. The number of aliphatic hydroxyl groups is 1. The number of β-amino-alcohol motifs (C(OH)–C–C–N with tert-alkyl or cyclic N) is 1. The lowest BCUT2D eigenvalue weighted by Gasteiger charge is -2.36. The number of benzene rings is 2. The van der Waals surface area contributed by atoms with Gasteiger partial charge >= 0.3 is 0 Å². The molecule has 0 saturated carbocycles. The van der Waals surface area contributed by atoms with E-state index in [1.165, 1.54) is 0 Å². The number of rotatable bonds is 4. The number of nitriles is 1. The smallest absolute Gasteiger partial charge is 0.142 e. The van der Waals surface area contributed by atoms with E-state index in [4.69, 9.17) is 5.26 Å². The molecule has 1 fully saturated rings. The van der Waals surface area contributed by atoms with E-state index in [0.29, 0.717) is 18.4 Å². The summed E-state index contributed by atoms with van der Waals surface area (Å²) in [4.78, 5) is 0. The number of aliphatic hydroxyl groups excluding tert-OH is 1. The minimum Gasteiger partial charge on any atom is -0.506 e. The molecule has 1 heterocycles. The second-order valence-electron chi connectivity index (χ2n) is 5.81. The van der Waals surface area contributed by atoms with Crippen molar-refractivity contribution in [1.82, 2.24) is 4.72 Å². The number of hydrogen-bond donors (Lipinski definition) is 5. The highest BCUT2D eigenvalue weighted by Gasteiger charge is 2.36. The van der Waals surface area contributed by atoms with E-state index in [1.807, 2.05) is 18.2 Å². The molecule has 0 aromatic heterocycles.